The molecule has 0 aliphatic heterocycles. The minimum absolute atomic E-state index is 0.169. The van der Waals surface area contributed by atoms with Gasteiger partial charge < -0.3 is 5.32 Å². The Balaban J connectivity index is 2.39. The molecule has 0 fully saturated rings. The second-order valence-corrected chi connectivity index (χ2v) is 8.31. The zero-order valence-electron chi connectivity index (χ0n) is 14.6. The zero-order chi connectivity index (χ0) is 18.8. The van der Waals surface area contributed by atoms with Gasteiger partial charge in [-0.05, 0) is 49.2 Å². The lowest BCUT2D eigenvalue weighted by Gasteiger charge is -2.25. The summed E-state index contributed by atoms with van der Waals surface area (Å²) in [4.78, 5) is 11.4. The van der Waals surface area contributed by atoms with Crippen LogP contribution in [0.1, 0.15) is 31.0 Å². The molecular formula is C18H21ClN2O3S. The second kappa shape index (κ2) is 7.56. The van der Waals surface area contributed by atoms with Crippen LogP contribution in [-0.4, -0.2) is 25.7 Å². The molecular weight excluding hydrogens is 360 g/mol. The van der Waals surface area contributed by atoms with Gasteiger partial charge in [0.15, 0.2) is 0 Å². The average Bonchev–Trinajstić information content (AvgIpc) is 2.55. The maximum atomic E-state index is 13.1. The van der Waals surface area contributed by atoms with Gasteiger partial charge in [0, 0.05) is 30.7 Å². The number of nitrogens with zero attached hydrogens (tertiary/aromatic N) is 1. The largest absolute Gasteiger partial charge is 0.326 e. The smallest absolute Gasteiger partial charge is 0.243 e. The summed E-state index contributed by atoms with van der Waals surface area (Å²) in [6.45, 7) is 4.92. The number of amides is 1. The van der Waals surface area contributed by atoms with E-state index in [1.807, 2.05) is 6.92 Å². The van der Waals surface area contributed by atoms with E-state index in [0.29, 0.717) is 16.3 Å². The van der Waals surface area contributed by atoms with Crippen molar-refractivity contribution in [3.8, 4) is 0 Å². The predicted octanol–water partition coefficient (Wildman–Crippen LogP) is 3.99. The Morgan fingerprint density at radius 3 is 2.32 bits per heavy atom. The van der Waals surface area contributed by atoms with Crippen LogP contribution in [-0.2, 0) is 14.8 Å². The highest BCUT2D eigenvalue weighted by Gasteiger charge is 2.28. The monoisotopic (exact) mass is 380 g/mol. The Morgan fingerprint density at radius 1 is 1.16 bits per heavy atom. The summed E-state index contributed by atoms with van der Waals surface area (Å²) >= 11 is 5.90. The van der Waals surface area contributed by atoms with Gasteiger partial charge in [0.05, 0.1) is 4.90 Å². The Kier molecular flexibility index (Phi) is 5.87. The second-order valence-electron chi connectivity index (χ2n) is 5.91. The van der Waals surface area contributed by atoms with Crippen LogP contribution >= 0.6 is 11.6 Å². The molecule has 0 saturated carbocycles. The molecule has 1 amide bonds. The molecule has 0 aromatic heterocycles. The van der Waals surface area contributed by atoms with Gasteiger partial charge in [-0.2, -0.15) is 4.31 Å². The van der Waals surface area contributed by atoms with Crippen LogP contribution in [0.4, 0.5) is 5.69 Å². The van der Waals surface area contributed by atoms with Gasteiger partial charge in [0.25, 0.3) is 0 Å². The molecule has 2 aromatic carbocycles. The van der Waals surface area contributed by atoms with Crippen molar-refractivity contribution < 1.29 is 13.2 Å². The number of nitrogens with one attached hydrogen (secondary N) is 1. The van der Waals surface area contributed by atoms with Crippen molar-refractivity contribution in [1.82, 2.24) is 4.31 Å². The average molecular weight is 381 g/mol. The lowest BCUT2D eigenvalue weighted by atomic mass is 10.1. The minimum Gasteiger partial charge on any atom is -0.326 e. The zero-order valence-corrected chi connectivity index (χ0v) is 16.1. The van der Waals surface area contributed by atoms with Crippen LogP contribution in [0.25, 0.3) is 0 Å². The van der Waals surface area contributed by atoms with Gasteiger partial charge in [0.1, 0.15) is 0 Å². The van der Waals surface area contributed by atoms with Crippen LogP contribution in [0.3, 0.4) is 0 Å². The molecule has 0 spiro atoms. The van der Waals surface area contributed by atoms with Gasteiger partial charge in [-0.3, -0.25) is 4.79 Å². The van der Waals surface area contributed by atoms with E-state index in [9.17, 15) is 13.2 Å². The lowest BCUT2D eigenvalue weighted by Crippen LogP contribution is -2.30. The number of carbonyl (C=O) groups excluding carboxylic acids is 1. The molecule has 0 bridgehead atoms. The molecule has 0 aliphatic carbocycles. The molecule has 0 radical (unpaired) electrons. The van der Waals surface area contributed by atoms with E-state index in [2.05, 4.69) is 5.32 Å². The number of rotatable bonds is 5. The van der Waals surface area contributed by atoms with Crippen molar-refractivity contribution >= 4 is 33.2 Å². The Labute approximate surface area is 153 Å². The molecule has 0 unspecified atom stereocenters. The summed E-state index contributed by atoms with van der Waals surface area (Å²) in [6.07, 6.45) is 0. The maximum absolute atomic E-state index is 13.1. The Bertz CT molecular complexity index is 880. The summed E-state index contributed by atoms with van der Waals surface area (Å²) in [6, 6.07) is 11.5. The third kappa shape index (κ3) is 4.39. The highest BCUT2D eigenvalue weighted by Crippen LogP contribution is 2.29. The fraction of sp³-hybridized carbons (Fsp3) is 0.278. The number of hydrogen-bond acceptors (Lipinski definition) is 3. The van der Waals surface area contributed by atoms with Gasteiger partial charge in [-0.1, -0.05) is 29.8 Å². The summed E-state index contributed by atoms with van der Waals surface area (Å²) in [5.74, 6) is -0.255. The van der Waals surface area contributed by atoms with Crippen LogP contribution < -0.4 is 5.32 Å². The quantitative estimate of drug-likeness (QED) is 0.852. The summed E-state index contributed by atoms with van der Waals surface area (Å²) in [7, 11) is -2.20. The van der Waals surface area contributed by atoms with Crippen LogP contribution in [0.5, 0.6) is 0 Å². The van der Waals surface area contributed by atoms with E-state index in [1.54, 1.807) is 50.4 Å². The molecule has 0 aliphatic rings. The predicted molar refractivity (Wildman–Crippen MR) is 100 cm³/mol. The maximum Gasteiger partial charge on any atom is 0.243 e. The van der Waals surface area contributed by atoms with Crippen molar-refractivity contribution in [3.05, 3.63) is 58.6 Å². The van der Waals surface area contributed by atoms with E-state index < -0.39 is 10.0 Å². The van der Waals surface area contributed by atoms with Crippen molar-refractivity contribution in [1.29, 1.82) is 0 Å². The summed E-state index contributed by atoms with van der Waals surface area (Å²) in [5, 5.41) is 3.21. The van der Waals surface area contributed by atoms with Crippen molar-refractivity contribution in [2.75, 3.05) is 12.4 Å². The van der Waals surface area contributed by atoms with Crippen LogP contribution in [0, 0.1) is 6.92 Å². The lowest BCUT2D eigenvalue weighted by molar-refractivity contribution is -0.114. The third-order valence-electron chi connectivity index (χ3n) is 4.06. The first kappa shape index (κ1) is 19.4. The van der Waals surface area contributed by atoms with E-state index in [0.717, 1.165) is 5.56 Å². The SMILES string of the molecule is CC(=O)Nc1ccc(C)c(S(=O)(=O)N(C)[C@@H](C)c2ccc(Cl)cc2)c1. The first-order valence-corrected chi connectivity index (χ1v) is 9.56. The Hall–Kier alpha value is -1.89. The number of halogens is 1. The van der Waals surface area contributed by atoms with Gasteiger partial charge >= 0.3 is 0 Å². The fourth-order valence-corrected chi connectivity index (χ4v) is 4.20. The first-order valence-electron chi connectivity index (χ1n) is 7.74. The van der Waals surface area contributed by atoms with E-state index >= 15 is 0 Å². The minimum atomic E-state index is -3.74. The molecule has 1 N–H and O–H groups in total. The number of sulfonamides is 1. The van der Waals surface area contributed by atoms with Gasteiger partial charge in [-0.25, -0.2) is 8.42 Å². The molecule has 0 heterocycles. The molecule has 0 saturated heterocycles. The molecule has 5 nitrogen and oxygen atoms in total. The summed E-state index contributed by atoms with van der Waals surface area (Å²) < 4.78 is 27.4. The number of benzene rings is 2. The van der Waals surface area contributed by atoms with E-state index in [-0.39, 0.29) is 16.8 Å². The molecule has 2 rings (SSSR count). The van der Waals surface area contributed by atoms with E-state index in [4.69, 9.17) is 11.6 Å². The molecule has 25 heavy (non-hydrogen) atoms. The molecule has 7 heteroatoms. The van der Waals surface area contributed by atoms with Crippen molar-refractivity contribution in [2.45, 2.75) is 31.7 Å². The van der Waals surface area contributed by atoms with Crippen LogP contribution in [0.2, 0.25) is 5.02 Å². The molecule has 134 valence electrons. The number of aryl methyl sites for hydroxylation is 1. The fourth-order valence-electron chi connectivity index (χ4n) is 2.47. The van der Waals surface area contributed by atoms with Crippen LogP contribution in [0.15, 0.2) is 47.4 Å². The van der Waals surface area contributed by atoms with Crippen molar-refractivity contribution in [2.24, 2.45) is 0 Å². The standard InChI is InChI=1S/C18H21ClN2O3S/c1-12-5-10-17(20-14(3)22)11-18(12)25(23,24)21(4)13(2)15-6-8-16(19)9-7-15/h5-11,13H,1-4H3,(H,20,22)/t13-/m0/s1. The van der Waals surface area contributed by atoms with Crippen molar-refractivity contribution in [3.63, 3.8) is 0 Å². The molecule has 1 atom stereocenters. The first-order chi connectivity index (χ1) is 11.6. The third-order valence-corrected chi connectivity index (χ3v) is 6.39. The number of anilines is 1. The molecule has 2 aromatic rings. The number of carbonyl (C=O) groups is 1. The Morgan fingerprint density at radius 2 is 1.76 bits per heavy atom. The topological polar surface area (TPSA) is 66.5 Å². The highest BCUT2D eigenvalue weighted by molar-refractivity contribution is 7.89. The normalized spacial score (nSPS) is 12.9. The number of hydrogen-bond donors (Lipinski definition) is 1. The van der Waals surface area contributed by atoms with Gasteiger partial charge in [-0.15, -0.1) is 0 Å². The highest BCUT2D eigenvalue weighted by atomic mass is 35.5. The van der Waals surface area contributed by atoms with E-state index in [1.165, 1.54) is 17.3 Å². The summed E-state index contributed by atoms with van der Waals surface area (Å²) in [5.41, 5.74) is 1.90. The van der Waals surface area contributed by atoms with Gasteiger partial charge in [0.2, 0.25) is 15.9 Å².